The van der Waals surface area contributed by atoms with Gasteiger partial charge in [0.2, 0.25) is 0 Å². The van der Waals surface area contributed by atoms with Crippen molar-refractivity contribution in [1.82, 2.24) is 0 Å². The normalized spacial score (nSPS) is 11.2. The minimum absolute atomic E-state index is 0.0454. The summed E-state index contributed by atoms with van der Waals surface area (Å²) in [6.07, 6.45) is 1.29. The van der Waals surface area contributed by atoms with Gasteiger partial charge in [-0.3, -0.25) is 0 Å². The Kier molecular flexibility index (Phi) is 4.37. The highest BCUT2D eigenvalue weighted by molar-refractivity contribution is 6.37. The van der Waals surface area contributed by atoms with Gasteiger partial charge in [0.1, 0.15) is 7.85 Å². The molecule has 1 aromatic carbocycles. The highest BCUT2D eigenvalue weighted by atomic mass is 16.3. The van der Waals surface area contributed by atoms with Crippen molar-refractivity contribution in [2.75, 3.05) is 24.0 Å². The van der Waals surface area contributed by atoms with Gasteiger partial charge in [0.15, 0.2) is 0 Å². The van der Waals surface area contributed by atoms with Crippen molar-refractivity contribution in [2.24, 2.45) is 5.84 Å². The molecule has 0 saturated heterocycles. The summed E-state index contributed by atoms with van der Waals surface area (Å²) in [5.74, 6) is 6.05. The zero-order valence-corrected chi connectivity index (χ0v) is 11.4. The van der Waals surface area contributed by atoms with Gasteiger partial charge in [-0.15, -0.1) is 0 Å². The lowest BCUT2D eigenvalue weighted by Crippen LogP contribution is -2.52. The molecule has 0 aliphatic carbocycles. The molecule has 0 amide bonds. The number of aliphatic hydroxyl groups is 1. The topological polar surface area (TPSA) is 85.4 Å². The molecule has 0 bridgehead atoms. The Morgan fingerprint density at radius 1 is 1.56 bits per heavy atom. The van der Waals surface area contributed by atoms with Crippen molar-refractivity contribution in [3.63, 3.8) is 0 Å². The van der Waals surface area contributed by atoms with E-state index in [1.54, 1.807) is 0 Å². The van der Waals surface area contributed by atoms with E-state index in [-0.39, 0.29) is 6.61 Å². The molecule has 0 fully saturated rings. The van der Waals surface area contributed by atoms with E-state index in [9.17, 15) is 5.11 Å². The lowest BCUT2D eigenvalue weighted by molar-refractivity contribution is 0.212. The van der Waals surface area contributed by atoms with Crippen LogP contribution in [0, 0.1) is 5.41 Å². The Morgan fingerprint density at radius 3 is 2.61 bits per heavy atom. The van der Waals surface area contributed by atoms with Gasteiger partial charge in [-0.1, -0.05) is 5.46 Å². The second kappa shape index (κ2) is 5.41. The predicted octanol–water partition coefficient (Wildman–Crippen LogP) is -0.565. The summed E-state index contributed by atoms with van der Waals surface area (Å²) in [7, 11) is 3.79. The van der Waals surface area contributed by atoms with Gasteiger partial charge >= 0.3 is 0 Å². The lowest BCUT2D eigenvalue weighted by Gasteiger charge is -2.35. The third-order valence-corrected chi connectivity index (χ3v) is 3.07. The summed E-state index contributed by atoms with van der Waals surface area (Å²) in [6.45, 7) is 3.67. The zero-order chi connectivity index (χ0) is 13.9. The summed E-state index contributed by atoms with van der Waals surface area (Å²) in [5.41, 5.74) is 2.94. The van der Waals surface area contributed by atoms with Gasteiger partial charge < -0.3 is 20.8 Å². The fourth-order valence-corrected chi connectivity index (χ4v) is 1.81. The molecule has 6 heteroatoms. The number of aliphatic hydroxyl groups excluding tert-OH is 1. The van der Waals surface area contributed by atoms with Gasteiger partial charge in [0.25, 0.3) is 0 Å². The van der Waals surface area contributed by atoms with Crippen LogP contribution in [0.1, 0.15) is 19.4 Å². The largest absolute Gasteiger partial charge is 0.394 e. The van der Waals surface area contributed by atoms with Gasteiger partial charge in [-0.2, -0.15) is 0 Å². The average Bonchev–Trinajstić information content (AvgIpc) is 2.36. The smallest absolute Gasteiger partial charge is 0.142 e. The zero-order valence-electron chi connectivity index (χ0n) is 11.4. The van der Waals surface area contributed by atoms with Crippen molar-refractivity contribution in [1.29, 1.82) is 5.41 Å². The summed E-state index contributed by atoms with van der Waals surface area (Å²) in [5, 5.41) is 21.4. The SMILES string of the molecule is Bc1cc(N(N)C(C)(C)CO)cc(C=N)c1NC. The van der Waals surface area contributed by atoms with Gasteiger partial charge in [-0.25, -0.2) is 5.84 Å². The minimum atomic E-state index is -0.549. The first-order valence-corrected chi connectivity index (χ1v) is 5.86. The molecular formula is C12H21BN4O. The molecule has 5 nitrogen and oxygen atoms in total. The number of hydrogen-bond donors (Lipinski definition) is 4. The molecule has 0 spiro atoms. The van der Waals surface area contributed by atoms with E-state index in [1.165, 1.54) is 11.2 Å². The molecule has 0 saturated carbocycles. The van der Waals surface area contributed by atoms with E-state index in [4.69, 9.17) is 11.3 Å². The van der Waals surface area contributed by atoms with Crippen molar-refractivity contribution >= 4 is 30.9 Å². The average molecular weight is 248 g/mol. The molecule has 0 heterocycles. The second-order valence-corrected chi connectivity index (χ2v) is 4.96. The Labute approximate surface area is 109 Å². The van der Waals surface area contributed by atoms with Crippen LogP contribution in [0.4, 0.5) is 11.4 Å². The van der Waals surface area contributed by atoms with Crippen LogP contribution in [0.25, 0.3) is 0 Å². The van der Waals surface area contributed by atoms with E-state index in [1.807, 2.05) is 40.9 Å². The molecule has 5 N–H and O–H groups in total. The highest BCUT2D eigenvalue weighted by Gasteiger charge is 2.24. The van der Waals surface area contributed by atoms with Crippen LogP contribution in [0.2, 0.25) is 0 Å². The summed E-state index contributed by atoms with van der Waals surface area (Å²) in [6, 6.07) is 3.78. The Hall–Kier alpha value is -1.53. The molecule has 1 aromatic rings. The monoisotopic (exact) mass is 248 g/mol. The highest BCUT2D eigenvalue weighted by Crippen LogP contribution is 2.23. The molecule has 18 heavy (non-hydrogen) atoms. The third kappa shape index (κ3) is 2.65. The maximum Gasteiger partial charge on any atom is 0.142 e. The van der Waals surface area contributed by atoms with Gasteiger partial charge in [0, 0.05) is 24.5 Å². The number of hydrogen-bond acceptors (Lipinski definition) is 5. The van der Waals surface area contributed by atoms with Gasteiger partial charge in [0.05, 0.1) is 17.8 Å². The Morgan fingerprint density at radius 2 is 2.17 bits per heavy atom. The molecule has 0 aliphatic heterocycles. The molecule has 0 aliphatic rings. The summed E-state index contributed by atoms with van der Waals surface area (Å²) >= 11 is 0. The first kappa shape index (κ1) is 14.5. The number of rotatable bonds is 5. The third-order valence-electron chi connectivity index (χ3n) is 3.07. The number of hydrazine groups is 1. The fourth-order valence-electron chi connectivity index (χ4n) is 1.81. The van der Waals surface area contributed by atoms with Crippen molar-refractivity contribution in [2.45, 2.75) is 19.4 Å². The van der Waals surface area contributed by atoms with Crippen LogP contribution in [-0.4, -0.2) is 38.4 Å². The van der Waals surface area contributed by atoms with Crippen LogP contribution >= 0.6 is 0 Å². The quantitative estimate of drug-likeness (QED) is 0.243. The van der Waals surface area contributed by atoms with E-state index < -0.39 is 5.54 Å². The number of anilines is 2. The predicted molar refractivity (Wildman–Crippen MR) is 79.9 cm³/mol. The maximum absolute atomic E-state index is 9.34. The molecule has 1 rings (SSSR count). The van der Waals surface area contributed by atoms with E-state index >= 15 is 0 Å². The molecule has 98 valence electrons. The standard InChI is InChI=1S/C12H21BN4O/c1-12(2,7-18)17(15)9-4-8(6-14)11(16-3)10(13)5-9/h4-6,14,16,18H,7,13,15H2,1-3H3. The van der Waals surface area contributed by atoms with Crippen LogP contribution < -0.4 is 21.6 Å². The number of nitrogens with one attached hydrogen (secondary N) is 2. The van der Waals surface area contributed by atoms with E-state index in [2.05, 4.69) is 5.32 Å². The van der Waals surface area contributed by atoms with Crippen molar-refractivity contribution in [3.05, 3.63) is 17.7 Å². The fraction of sp³-hybridized carbons (Fsp3) is 0.417. The van der Waals surface area contributed by atoms with Crippen LogP contribution in [0.5, 0.6) is 0 Å². The molecule has 0 unspecified atom stereocenters. The summed E-state index contributed by atoms with van der Waals surface area (Å²) in [4.78, 5) is 0. The first-order valence-electron chi connectivity index (χ1n) is 5.86. The van der Waals surface area contributed by atoms with Gasteiger partial charge in [-0.05, 0) is 26.0 Å². The van der Waals surface area contributed by atoms with Crippen molar-refractivity contribution < 1.29 is 5.11 Å². The van der Waals surface area contributed by atoms with Crippen LogP contribution in [0.15, 0.2) is 12.1 Å². The van der Waals surface area contributed by atoms with E-state index in [0.717, 1.165) is 22.4 Å². The molecule has 0 aromatic heterocycles. The molecule has 0 atom stereocenters. The Balaban J connectivity index is 3.27. The number of benzene rings is 1. The lowest BCUT2D eigenvalue weighted by atomic mass is 9.90. The second-order valence-electron chi connectivity index (χ2n) is 4.96. The number of nitrogens with zero attached hydrogens (tertiary/aromatic N) is 1. The number of nitrogens with two attached hydrogens (primary N) is 1. The minimum Gasteiger partial charge on any atom is -0.394 e. The maximum atomic E-state index is 9.34. The van der Waals surface area contributed by atoms with E-state index in [0.29, 0.717) is 0 Å². The van der Waals surface area contributed by atoms with Crippen LogP contribution in [-0.2, 0) is 0 Å². The Bertz CT molecular complexity index is 448. The molecule has 0 radical (unpaired) electrons. The van der Waals surface area contributed by atoms with Crippen LogP contribution in [0.3, 0.4) is 0 Å². The molecular weight excluding hydrogens is 227 g/mol. The summed E-state index contributed by atoms with van der Waals surface area (Å²) < 4.78 is 0. The first-order chi connectivity index (χ1) is 8.37. The van der Waals surface area contributed by atoms with Crippen molar-refractivity contribution in [3.8, 4) is 0 Å².